The number of thiophene rings is 1. The minimum absolute atomic E-state index is 0.693. The Morgan fingerprint density at radius 3 is 2.70 bits per heavy atom. The van der Waals surface area contributed by atoms with Crippen LogP contribution in [0, 0.1) is 6.92 Å². The lowest BCUT2D eigenvalue weighted by molar-refractivity contribution is 0.338. The van der Waals surface area contributed by atoms with E-state index in [1.54, 1.807) is 11.3 Å². The Hall–Kier alpha value is -2.01. The largest absolute Gasteiger partial charge is 0.494 e. The molecule has 0 fully saturated rings. The lowest BCUT2D eigenvalue weighted by Crippen LogP contribution is -2.36. The van der Waals surface area contributed by atoms with Gasteiger partial charge >= 0.3 is 0 Å². The van der Waals surface area contributed by atoms with E-state index >= 15 is 0 Å². The molecule has 0 unspecified atom stereocenters. The van der Waals surface area contributed by atoms with Crippen LogP contribution in [-0.2, 0) is 13.1 Å². The zero-order chi connectivity index (χ0) is 16.5. The van der Waals surface area contributed by atoms with Crippen LogP contribution in [0.5, 0.6) is 5.75 Å². The molecule has 2 rings (SSSR count). The van der Waals surface area contributed by atoms with Crippen molar-refractivity contribution >= 4 is 17.3 Å². The molecular formula is C18H25N3OS. The molecule has 124 valence electrons. The average molecular weight is 331 g/mol. The summed E-state index contributed by atoms with van der Waals surface area (Å²) < 4.78 is 5.58. The molecule has 1 aromatic heterocycles. The second kappa shape index (κ2) is 9.20. The van der Waals surface area contributed by atoms with Crippen molar-refractivity contribution in [1.29, 1.82) is 0 Å². The topological polar surface area (TPSA) is 45.7 Å². The highest BCUT2D eigenvalue weighted by atomic mass is 32.1. The first-order chi connectivity index (χ1) is 11.2. The summed E-state index contributed by atoms with van der Waals surface area (Å²) in [5.41, 5.74) is 3.61. The summed E-state index contributed by atoms with van der Waals surface area (Å²) in [6.07, 6.45) is 0. The number of nitrogens with one attached hydrogen (secondary N) is 2. The van der Waals surface area contributed by atoms with Crippen LogP contribution in [0.3, 0.4) is 0 Å². The van der Waals surface area contributed by atoms with Crippen molar-refractivity contribution in [2.24, 2.45) is 4.99 Å². The molecule has 0 aliphatic rings. The molecule has 1 aromatic carbocycles. The van der Waals surface area contributed by atoms with Gasteiger partial charge in [0.25, 0.3) is 0 Å². The summed E-state index contributed by atoms with van der Waals surface area (Å²) in [7, 11) is 0. The lowest BCUT2D eigenvalue weighted by atomic mass is 10.1. The average Bonchev–Trinajstić information content (AvgIpc) is 3.06. The molecule has 23 heavy (non-hydrogen) atoms. The maximum absolute atomic E-state index is 5.58. The second-order valence-electron chi connectivity index (χ2n) is 5.21. The number of aliphatic imine (C=N–C) groups is 1. The molecule has 0 saturated heterocycles. The molecule has 0 spiro atoms. The molecule has 0 aliphatic carbocycles. The van der Waals surface area contributed by atoms with E-state index in [1.165, 1.54) is 11.1 Å². The Bertz CT molecular complexity index is 623. The quantitative estimate of drug-likeness (QED) is 0.600. The number of nitrogens with zero attached hydrogens (tertiary/aromatic N) is 1. The van der Waals surface area contributed by atoms with Gasteiger partial charge in [-0.2, -0.15) is 11.3 Å². The predicted octanol–water partition coefficient (Wildman–Crippen LogP) is 3.71. The molecule has 0 aliphatic heterocycles. The molecule has 0 bridgehead atoms. The van der Waals surface area contributed by atoms with E-state index in [0.29, 0.717) is 13.2 Å². The maximum Gasteiger partial charge on any atom is 0.191 e. The second-order valence-corrected chi connectivity index (χ2v) is 5.99. The first kappa shape index (κ1) is 17.3. The standard InChI is InChI=1S/C18H25N3OS/c1-4-19-18(21-12-16-8-9-23-13-16)20-11-15-6-7-17(22-5-2)14(3)10-15/h6-10,13H,4-5,11-12H2,1-3H3,(H2,19,20,21). The zero-order valence-corrected chi connectivity index (χ0v) is 14.9. The van der Waals surface area contributed by atoms with Crippen molar-refractivity contribution < 1.29 is 4.74 Å². The van der Waals surface area contributed by atoms with Gasteiger partial charge in [-0.1, -0.05) is 12.1 Å². The molecule has 0 atom stereocenters. The Balaban J connectivity index is 1.95. The van der Waals surface area contributed by atoms with Crippen molar-refractivity contribution in [2.45, 2.75) is 33.9 Å². The summed E-state index contributed by atoms with van der Waals surface area (Å²) in [5.74, 6) is 1.79. The van der Waals surface area contributed by atoms with Crippen molar-refractivity contribution in [3.05, 3.63) is 51.7 Å². The van der Waals surface area contributed by atoms with Gasteiger partial charge in [0.05, 0.1) is 13.2 Å². The van der Waals surface area contributed by atoms with E-state index in [0.717, 1.165) is 30.4 Å². The highest BCUT2D eigenvalue weighted by Gasteiger charge is 2.02. The van der Waals surface area contributed by atoms with Gasteiger partial charge in [0.15, 0.2) is 5.96 Å². The SMILES string of the molecule is CCNC(=NCc1ccsc1)NCc1ccc(OCC)c(C)c1. The van der Waals surface area contributed by atoms with E-state index < -0.39 is 0 Å². The fourth-order valence-electron chi connectivity index (χ4n) is 2.22. The minimum Gasteiger partial charge on any atom is -0.494 e. The third kappa shape index (κ3) is 5.60. The fourth-order valence-corrected chi connectivity index (χ4v) is 2.88. The zero-order valence-electron chi connectivity index (χ0n) is 14.1. The number of aryl methyl sites for hydroxylation is 1. The van der Waals surface area contributed by atoms with Gasteiger partial charge in [-0.15, -0.1) is 0 Å². The third-order valence-electron chi connectivity index (χ3n) is 3.34. The Morgan fingerprint density at radius 1 is 1.17 bits per heavy atom. The molecule has 0 saturated carbocycles. The minimum atomic E-state index is 0.693. The summed E-state index contributed by atoms with van der Waals surface area (Å²) in [4.78, 5) is 4.62. The van der Waals surface area contributed by atoms with E-state index in [1.807, 2.05) is 13.0 Å². The Morgan fingerprint density at radius 2 is 2.04 bits per heavy atom. The summed E-state index contributed by atoms with van der Waals surface area (Å²) in [6.45, 7) is 9.12. The molecule has 0 radical (unpaired) electrons. The number of hydrogen-bond donors (Lipinski definition) is 2. The lowest BCUT2D eigenvalue weighted by Gasteiger charge is -2.13. The first-order valence-electron chi connectivity index (χ1n) is 7.98. The highest BCUT2D eigenvalue weighted by molar-refractivity contribution is 7.07. The van der Waals surface area contributed by atoms with Crippen molar-refractivity contribution in [3.63, 3.8) is 0 Å². The van der Waals surface area contributed by atoms with Crippen LogP contribution in [0.4, 0.5) is 0 Å². The van der Waals surface area contributed by atoms with Gasteiger partial charge in [0.1, 0.15) is 5.75 Å². The predicted molar refractivity (Wildman–Crippen MR) is 98.3 cm³/mol. The molecule has 5 heteroatoms. The van der Waals surface area contributed by atoms with Crippen LogP contribution in [0.15, 0.2) is 40.0 Å². The first-order valence-corrected chi connectivity index (χ1v) is 8.92. The summed E-state index contributed by atoms with van der Waals surface area (Å²) in [5, 5.41) is 10.9. The van der Waals surface area contributed by atoms with Crippen molar-refractivity contribution in [1.82, 2.24) is 10.6 Å². The van der Waals surface area contributed by atoms with E-state index in [2.05, 4.69) is 58.4 Å². The van der Waals surface area contributed by atoms with Gasteiger partial charge in [-0.3, -0.25) is 0 Å². The Labute approximate surface area is 142 Å². The van der Waals surface area contributed by atoms with E-state index in [-0.39, 0.29) is 0 Å². The molecular weight excluding hydrogens is 306 g/mol. The smallest absolute Gasteiger partial charge is 0.191 e. The summed E-state index contributed by atoms with van der Waals surface area (Å²) >= 11 is 1.70. The monoisotopic (exact) mass is 331 g/mol. The highest BCUT2D eigenvalue weighted by Crippen LogP contribution is 2.19. The van der Waals surface area contributed by atoms with Crippen molar-refractivity contribution in [3.8, 4) is 5.75 Å². The number of rotatable bonds is 7. The van der Waals surface area contributed by atoms with Crippen LogP contribution in [0.25, 0.3) is 0 Å². The van der Waals surface area contributed by atoms with Gasteiger partial charge in [-0.05, 0) is 60.4 Å². The fraction of sp³-hybridized carbons (Fsp3) is 0.389. The van der Waals surface area contributed by atoms with Gasteiger partial charge < -0.3 is 15.4 Å². The third-order valence-corrected chi connectivity index (χ3v) is 4.08. The van der Waals surface area contributed by atoms with E-state index in [9.17, 15) is 0 Å². The maximum atomic E-state index is 5.58. The normalized spacial score (nSPS) is 11.3. The Kier molecular flexibility index (Phi) is 6.94. The molecule has 0 amide bonds. The number of benzene rings is 1. The van der Waals surface area contributed by atoms with Crippen LogP contribution in [-0.4, -0.2) is 19.1 Å². The number of hydrogen-bond acceptors (Lipinski definition) is 3. The van der Waals surface area contributed by atoms with E-state index in [4.69, 9.17) is 4.74 Å². The van der Waals surface area contributed by atoms with Crippen LogP contribution < -0.4 is 15.4 Å². The van der Waals surface area contributed by atoms with Crippen LogP contribution >= 0.6 is 11.3 Å². The van der Waals surface area contributed by atoms with Gasteiger partial charge in [0.2, 0.25) is 0 Å². The summed E-state index contributed by atoms with van der Waals surface area (Å²) in [6, 6.07) is 8.38. The van der Waals surface area contributed by atoms with Gasteiger partial charge in [0, 0.05) is 13.1 Å². The molecule has 1 heterocycles. The molecule has 4 nitrogen and oxygen atoms in total. The van der Waals surface area contributed by atoms with Crippen molar-refractivity contribution in [2.75, 3.05) is 13.2 Å². The van der Waals surface area contributed by atoms with Gasteiger partial charge in [-0.25, -0.2) is 4.99 Å². The molecule has 2 N–H and O–H groups in total. The molecule has 2 aromatic rings. The van der Waals surface area contributed by atoms with Crippen LogP contribution in [0.1, 0.15) is 30.5 Å². The van der Waals surface area contributed by atoms with Crippen LogP contribution in [0.2, 0.25) is 0 Å². The number of guanidine groups is 1. The number of ether oxygens (including phenoxy) is 1.